The summed E-state index contributed by atoms with van der Waals surface area (Å²) in [6.45, 7) is 10.8. The molecule has 0 fully saturated rings. The van der Waals surface area contributed by atoms with Crippen molar-refractivity contribution in [3.05, 3.63) is 40.8 Å². The molecular formula is C23H33N5O2. The maximum absolute atomic E-state index is 13.2. The van der Waals surface area contributed by atoms with E-state index in [1.54, 1.807) is 18.1 Å². The van der Waals surface area contributed by atoms with E-state index in [4.69, 9.17) is 0 Å². The SMILES string of the molecule is CCCn1c2ccccc2c2cnn(CC(=O)N(C)CCCN(CC)CC)c(=O)c21. The lowest BCUT2D eigenvalue weighted by Crippen LogP contribution is -2.37. The first kappa shape index (κ1) is 22.0. The molecule has 0 spiro atoms. The first-order valence-corrected chi connectivity index (χ1v) is 10.9. The van der Waals surface area contributed by atoms with Crippen molar-refractivity contribution in [2.75, 3.05) is 33.2 Å². The van der Waals surface area contributed by atoms with Gasteiger partial charge in [-0.3, -0.25) is 9.59 Å². The van der Waals surface area contributed by atoms with Gasteiger partial charge >= 0.3 is 0 Å². The second kappa shape index (κ2) is 9.89. The van der Waals surface area contributed by atoms with Gasteiger partial charge in [-0.1, -0.05) is 39.0 Å². The Morgan fingerprint density at radius 2 is 1.80 bits per heavy atom. The van der Waals surface area contributed by atoms with Gasteiger partial charge in [0.1, 0.15) is 12.1 Å². The molecule has 0 atom stereocenters. The minimum atomic E-state index is -0.206. The summed E-state index contributed by atoms with van der Waals surface area (Å²) < 4.78 is 3.36. The van der Waals surface area contributed by atoms with E-state index < -0.39 is 0 Å². The van der Waals surface area contributed by atoms with Gasteiger partial charge in [0.2, 0.25) is 5.91 Å². The topological polar surface area (TPSA) is 63.4 Å². The summed E-state index contributed by atoms with van der Waals surface area (Å²) in [4.78, 5) is 30.0. The molecule has 0 aliphatic carbocycles. The average Bonchev–Trinajstić information content (AvgIpc) is 3.08. The summed E-state index contributed by atoms with van der Waals surface area (Å²) in [5.74, 6) is -0.0957. The third-order valence-corrected chi connectivity index (χ3v) is 5.79. The largest absolute Gasteiger partial charge is 0.344 e. The molecule has 0 unspecified atom stereocenters. The van der Waals surface area contributed by atoms with Crippen molar-refractivity contribution in [2.24, 2.45) is 0 Å². The molecule has 2 heterocycles. The Kier molecular flexibility index (Phi) is 7.26. The van der Waals surface area contributed by atoms with E-state index in [2.05, 4.69) is 35.3 Å². The van der Waals surface area contributed by atoms with Crippen LogP contribution in [0.25, 0.3) is 21.8 Å². The van der Waals surface area contributed by atoms with Crippen molar-refractivity contribution >= 4 is 27.7 Å². The fraction of sp³-hybridized carbons (Fsp3) is 0.522. The van der Waals surface area contributed by atoms with Gasteiger partial charge in [0, 0.05) is 36.4 Å². The van der Waals surface area contributed by atoms with E-state index in [0.29, 0.717) is 12.1 Å². The van der Waals surface area contributed by atoms with Gasteiger partial charge < -0.3 is 14.4 Å². The van der Waals surface area contributed by atoms with Gasteiger partial charge in [-0.25, -0.2) is 4.68 Å². The molecule has 0 aliphatic rings. The molecule has 30 heavy (non-hydrogen) atoms. The highest BCUT2D eigenvalue weighted by Crippen LogP contribution is 2.26. The van der Waals surface area contributed by atoms with Crippen molar-refractivity contribution < 1.29 is 4.79 Å². The number of carbonyl (C=O) groups excluding carboxylic acids is 1. The van der Waals surface area contributed by atoms with E-state index in [1.807, 2.05) is 24.3 Å². The minimum Gasteiger partial charge on any atom is -0.344 e. The Morgan fingerprint density at radius 3 is 2.50 bits per heavy atom. The second-order valence-electron chi connectivity index (χ2n) is 7.73. The molecule has 162 valence electrons. The van der Waals surface area contributed by atoms with Crippen LogP contribution in [0.3, 0.4) is 0 Å². The Bertz CT molecular complexity index is 1060. The molecule has 1 amide bonds. The number of rotatable bonds is 10. The third kappa shape index (κ3) is 4.41. The van der Waals surface area contributed by atoms with Crippen molar-refractivity contribution in [3.63, 3.8) is 0 Å². The van der Waals surface area contributed by atoms with Gasteiger partial charge in [-0.15, -0.1) is 0 Å². The first-order chi connectivity index (χ1) is 14.5. The normalized spacial score (nSPS) is 11.6. The number of likely N-dealkylation sites (N-methyl/N-ethyl adjacent to an activating group) is 1. The third-order valence-electron chi connectivity index (χ3n) is 5.79. The highest BCUT2D eigenvalue weighted by Gasteiger charge is 2.17. The van der Waals surface area contributed by atoms with Crippen LogP contribution in [0.1, 0.15) is 33.6 Å². The second-order valence-corrected chi connectivity index (χ2v) is 7.73. The molecule has 0 aliphatic heterocycles. The molecule has 0 N–H and O–H groups in total. The molecule has 3 rings (SSSR count). The molecule has 0 saturated carbocycles. The molecular weight excluding hydrogens is 378 g/mol. The maximum atomic E-state index is 13.2. The molecule has 0 radical (unpaired) electrons. The number of aryl methyl sites for hydroxylation is 1. The summed E-state index contributed by atoms with van der Waals surface area (Å²) in [6.07, 6.45) is 3.55. The number of hydrogen-bond acceptors (Lipinski definition) is 4. The summed E-state index contributed by atoms with van der Waals surface area (Å²) in [5.41, 5.74) is 1.46. The van der Waals surface area contributed by atoms with Gasteiger partial charge in [0.15, 0.2) is 0 Å². The van der Waals surface area contributed by atoms with Crippen LogP contribution in [0.15, 0.2) is 35.3 Å². The van der Waals surface area contributed by atoms with Crippen LogP contribution in [0.4, 0.5) is 0 Å². The molecule has 1 aromatic carbocycles. The number of aromatic nitrogens is 3. The monoisotopic (exact) mass is 411 g/mol. The lowest BCUT2D eigenvalue weighted by Gasteiger charge is -2.21. The zero-order chi connectivity index (χ0) is 21.7. The Balaban J connectivity index is 1.82. The van der Waals surface area contributed by atoms with E-state index in [1.165, 1.54) is 4.68 Å². The van der Waals surface area contributed by atoms with Gasteiger partial charge in [-0.2, -0.15) is 5.10 Å². The molecule has 0 saturated heterocycles. The highest BCUT2D eigenvalue weighted by molar-refractivity contribution is 6.07. The van der Waals surface area contributed by atoms with Crippen molar-refractivity contribution in [1.82, 2.24) is 24.1 Å². The van der Waals surface area contributed by atoms with Crippen LogP contribution < -0.4 is 5.56 Å². The number of benzene rings is 1. The van der Waals surface area contributed by atoms with Gasteiger partial charge in [-0.05, 0) is 38.5 Å². The van der Waals surface area contributed by atoms with Crippen molar-refractivity contribution in [1.29, 1.82) is 0 Å². The number of nitrogens with zero attached hydrogens (tertiary/aromatic N) is 5. The zero-order valence-electron chi connectivity index (χ0n) is 18.6. The summed E-state index contributed by atoms with van der Waals surface area (Å²) in [5, 5.41) is 6.20. The van der Waals surface area contributed by atoms with E-state index >= 15 is 0 Å². The van der Waals surface area contributed by atoms with Gasteiger partial charge in [0.05, 0.1) is 6.20 Å². The molecule has 3 aromatic rings. The number of amides is 1. The van der Waals surface area contributed by atoms with Crippen LogP contribution in [-0.2, 0) is 17.9 Å². The van der Waals surface area contributed by atoms with Crippen LogP contribution in [0, 0.1) is 0 Å². The highest BCUT2D eigenvalue weighted by atomic mass is 16.2. The van der Waals surface area contributed by atoms with Crippen LogP contribution in [0.2, 0.25) is 0 Å². The molecule has 7 heteroatoms. The number of fused-ring (bicyclic) bond motifs is 3. The summed E-state index contributed by atoms with van der Waals surface area (Å²) in [6, 6.07) is 8.00. The average molecular weight is 412 g/mol. The van der Waals surface area contributed by atoms with Crippen molar-refractivity contribution in [2.45, 2.75) is 46.7 Å². The smallest absolute Gasteiger partial charge is 0.291 e. The standard InChI is InChI=1S/C23H33N5O2/c1-5-13-27-20-12-9-8-11-18(20)19-16-24-28(23(30)22(19)27)17-21(29)25(4)14-10-15-26(6-2)7-3/h8-9,11-12,16H,5-7,10,13-15,17H2,1-4H3. The minimum absolute atomic E-state index is 0.0375. The Labute approximate surface area is 177 Å². The number of hydrogen-bond donors (Lipinski definition) is 0. The lowest BCUT2D eigenvalue weighted by molar-refractivity contribution is -0.130. The van der Waals surface area contributed by atoms with E-state index in [-0.39, 0.29) is 18.0 Å². The van der Waals surface area contributed by atoms with E-state index in [9.17, 15) is 9.59 Å². The van der Waals surface area contributed by atoms with Crippen LogP contribution >= 0.6 is 0 Å². The molecule has 7 nitrogen and oxygen atoms in total. The molecule has 2 aromatic heterocycles. The quantitative estimate of drug-likeness (QED) is 0.515. The summed E-state index contributed by atoms with van der Waals surface area (Å²) in [7, 11) is 1.79. The Hall–Kier alpha value is -2.67. The predicted molar refractivity (Wildman–Crippen MR) is 122 cm³/mol. The maximum Gasteiger partial charge on any atom is 0.291 e. The van der Waals surface area contributed by atoms with Crippen LogP contribution in [0.5, 0.6) is 0 Å². The zero-order valence-corrected chi connectivity index (χ0v) is 18.6. The number of para-hydroxylation sites is 1. The van der Waals surface area contributed by atoms with Crippen LogP contribution in [-0.4, -0.2) is 63.3 Å². The lowest BCUT2D eigenvalue weighted by atomic mass is 10.2. The number of carbonyl (C=O) groups is 1. The molecule has 0 bridgehead atoms. The Morgan fingerprint density at radius 1 is 1.07 bits per heavy atom. The first-order valence-electron chi connectivity index (χ1n) is 10.9. The fourth-order valence-electron chi connectivity index (χ4n) is 4.01. The van der Waals surface area contributed by atoms with Crippen molar-refractivity contribution in [3.8, 4) is 0 Å². The fourth-order valence-corrected chi connectivity index (χ4v) is 4.01. The predicted octanol–water partition coefficient (Wildman–Crippen LogP) is 2.95. The van der Waals surface area contributed by atoms with E-state index in [0.717, 1.165) is 55.3 Å². The van der Waals surface area contributed by atoms with Gasteiger partial charge in [0.25, 0.3) is 5.56 Å². The summed E-state index contributed by atoms with van der Waals surface area (Å²) >= 11 is 0.